The first-order chi connectivity index (χ1) is 14.6. The van der Waals surface area contributed by atoms with Gasteiger partial charge < -0.3 is 14.0 Å². The highest BCUT2D eigenvalue weighted by Gasteiger charge is 2.14. The van der Waals surface area contributed by atoms with Gasteiger partial charge in [-0.2, -0.15) is 16.8 Å². The first kappa shape index (κ1) is 20.5. The highest BCUT2D eigenvalue weighted by atomic mass is 32.2. The fraction of sp³-hybridized carbons (Fsp3) is 0.217. The molecule has 0 atom stereocenters. The van der Waals surface area contributed by atoms with Crippen LogP contribution in [0.2, 0.25) is 0 Å². The summed E-state index contributed by atoms with van der Waals surface area (Å²) in [5.74, 6) is 1.99. The van der Waals surface area contributed by atoms with E-state index in [9.17, 15) is 4.79 Å². The van der Waals surface area contributed by atoms with Gasteiger partial charge in [0.15, 0.2) is 16.3 Å². The maximum absolute atomic E-state index is 13.0. The number of fused-ring (bicyclic) bond motifs is 2. The van der Waals surface area contributed by atoms with E-state index in [-0.39, 0.29) is 5.91 Å². The number of methoxy groups -OCH3 is 2. The smallest absolute Gasteiger partial charge is 0.279 e. The molecule has 1 aromatic heterocycles. The van der Waals surface area contributed by atoms with Crippen molar-refractivity contribution in [2.24, 2.45) is 4.99 Å². The number of aromatic nitrogens is 1. The lowest BCUT2D eigenvalue weighted by molar-refractivity contribution is 0.0998. The Morgan fingerprint density at radius 2 is 1.77 bits per heavy atom. The molecule has 1 heterocycles. The lowest BCUT2D eigenvalue weighted by Gasteiger charge is -2.09. The van der Waals surface area contributed by atoms with Crippen LogP contribution in [0.4, 0.5) is 0 Å². The Balaban J connectivity index is 1.84. The SMILES string of the molecule is COc1cc2sc(=NC(=O)c3ccc4ccccc4c3)n(CCSC)c2cc1OC. The van der Waals surface area contributed by atoms with Crippen LogP contribution in [0.5, 0.6) is 11.5 Å². The Hall–Kier alpha value is -2.77. The van der Waals surface area contributed by atoms with Gasteiger partial charge in [0.05, 0.1) is 24.4 Å². The van der Waals surface area contributed by atoms with Gasteiger partial charge >= 0.3 is 0 Å². The minimum absolute atomic E-state index is 0.246. The van der Waals surface area contributed by atoms with E-state index in [4.69, 9.17) is 9.47 Å². The molecule has 0 aliphatic carbocycles. The molecule has 4 rings (SSSR count). The van der Waals surface area contributed by atoms with Gasteiger partial charge in [0, 0.05) is 30.0 Å². The summed E-state index contributed by atoms with van der Waals surface area (Å²) in [7, 11) is 3.24. The summed E-state index contributed by atoms with van der Waals surface area (Å²) in [6.07, 6.45) is 2.07. The van der Waals surface area contributed by atoms with E-state index in [1.54, 1.807) is 26.0 Å². The zero-order chi connectivity index (χ0) is 21.1. The number of aryl methyl sites for hydroxylation is 1. The van der Waals surface area contributed by atoms with Crippen LogP contribution in [0.3, 0.4) is 0 Å². The van der Waals surface area contributed by atoms with E-state index in [2.05, 4.69) is 15.8 Å². The minimum Gasteiger partial charge on any atom is -0.493 e. The van der Waals surface area contributed by atoms with Crippen LogP contribution in [0.1, 0.15) is 10.4 Å². The molecular formula is C23H22N2O3S2. The van der Waals surface area contributed by atoms with E-state index < -0.39 is 0 Å². The van der Waals surface area contributed by atoms with Crippen molar-refractivity contribution < 1.29 is 14.3 Å². The topological polar surface area (TPSA) is 52.8 Å². The Kier molecular flexibility index (Phi) is 6.11. The van der Waals surface area contributed by atoms with E-state index in [1.165, 1.54) is 11.3 Å². The van der Waals surface area contributed by atoms with Crippen LogP contribution in [0, 0.1) is 0 Å². The first-order valence-electron chi connectivity index (χ1n) is 9.46. The first-order valence-corrected chi connectivity index (χ1v) is 11.7. The summed E-state index contributed by atoms with van der Waals surface area (Å²) in [5.41, 5.74) is 1.56. The third-order valence-corrected chi connectivity index (χ3v) is 6.53. The summed E-state index contributed by atoms with van der Waals surface area (Å²) in [5, 5.41) is 2.13. The standard InChI is InChI=1S/C23H22N2O3S2/c1-27-19-13-18-21(14-20(19)28-2)30-23(25(18)10-11-29-3)24-22(26)17-9-8-15-6-4-5-7-16(15)12-17/h4-9,12-14H,10-11H2,1-3H3. The summed E-state index contributed by atoms with van der Waals surface area (Å²) < 4.78 is 14.0. The van der Waals surface area contributed by atoms with E-state index in [0.717, 1.165) is 33.3 Å². The molecular weight excluding hydrogens is 416 g/mol. The van der Waals surface area contributed by atoms with Gasteiger partial charge in [-0.1, -0.05) is 41.7 Å². The third-order valence-electron chi connectivity index (χ3n) is 4.90. The molecule has 0 spiro atoms. The molecule has 154 valence electrons. The van der Waals surface area contributed by atoms with Crippen molar-refractivity contribution in [2.45, 2.75) is 6.54 Å². The van der Waals surface area contributed by atoms with Crippen LogP contribution in [-0.4, -0.2) is 36.7 Å². The van der Waals surface area contributed by atoms with Gasteiger partial charge in [-0.25, -0.2) is 0 Å². The molecule has 1 amide bonds. The average molecular weight is 439 g/mol. The lowest BCUT2D eigenvalue weighted by atomic mass is 10.1. The fourth-order valence-electron chi connectivity index (χ4n) is 3.35. The van der Waals surface area contributed by atoms with E-state index in [1.807, 2.05) is 54.6 Å². The summed E-state index contributed by atoms with van der Waals surface area (Å²) in [4.78, 5) is 18.1. The second-order valence-electron chi connectivity index (χ2n) is 6.68. The highest BCUT2D eigenvalue weighted by molar-refractivity contribution is 7.98. The quantitative estimate of drug-likeness (QED) is 0.426. The van der Waals surface area contributed by atoms with Crippen molar-refractivity contribution in [1.82, 2.24) is 4.57 Å². The number of benzene rings is 3. The van der Waals surface area contributed by atoms with Crippen molar-refractivity contribution in [3.8, 4) is 11.5 Å². The van der Waals surface area contributed by atoms with E-state index >= 15 is 0 Å². The molecule has 0 saturated carbocycles. The predicted molar refractivity (Wildman–Crippen MR) is 125 cm³/mol. The monoisotopic (exact) mass is 438 g/mol. The molecule has 0 unspecified atom stereocenters. The van der Waals surface area contributed by atoms with Crippen LogP contribution >= 0.6 is 23.1 Å². The molecule has 0 N–H and O–H groups in total. The van der Waals surface area contributed by atoms with Gasteiger partial charge in [-0.15, -0.1) is 0 Å². The molecule has 0 bridgehead atoms. The van der Waals surface area contributed by atoms with Crippen molar-refractivity contribution in [1.29, 1.82) is 0 Å². The number of carbonyl (C=O) groups excluding carboxylic acids is 1. The number of thiazole rings is 1. The highest BCUT2D eigenvalue weighted by Crippen LogP contribution is 2.33. The number of carbonyl (C=O) groups is 1. The molecule has 5 nitrogen and oxygen atoms in total. The molecule has 30 heavy (non-hydrogen) atoms. The van der Waals surface area contributed by atoms with E-state index in [0.29, 0.717) is 21.9 Å². The molecule has 0 aliphatic rings. The minimum atomic E-state index is -0.246. The number of rotatable bonds is 6. The second kappa shape index (κ2) is 8.93. The molecule has 0 fully saturated rings. The largest absolute Gasteiger partial charge is 0.493 e. The number of nitrogens with zero attached hydrogens (tertiary/aromatic N) is 2. The Labute approximate surface area is 183 Å². The lowest BCUT2D eigenvalue weighted by Crippen LogP contribution is -2.18. The number of ether oxygens (including phenoxy) is 2. The molecule has 4 aromatic rings. The summed E-state index contributed by atoms with van der Waals surface area (Å²) >= 11 is 3.23. The summed E-state index contributed by atoms with van der Waals surface area (Å²) in [6, 6.07) is 17.6. The third kappa shape index (κ3) is 3.95. The fourth-order valence-corrected chi connectivity index (χ4v) is 4.78. The predicted octanol–water partition coefficient (Wildman–Crippen LogP) is 4.98. The Morgan fingerprint density at radius 1 is 1.03 bits per heavy atom. The normalized spacial score (nSPS) is 11.9. The van der Waals surface area contributed by atoms with Crippen molar-refractivity contribution in [2.75, 3.05) is 26.2 Å². The van der Waals surface area contributed by atoms with Crippen LogP contribution in [0.25, 0.3) is 21.0 Å². The average Bonchev–Trinajstić information content (AvgIpc) is 3.11. The number of hydrogen-bond donors (Lipinski definition) is 0. The van der Waals surface area contributed by atoms with Crippen molar-refractivity contribution >= 4 is 50.0 Å². The molecule has 7 heteroatoms. The molecule has 3 aromatic carbocycles. The molecule has 0 saturated heterocycles. The maximum atomic E-state index is 13.0. The summed E-state index contributed by atoms with van der Waals surface area (Å²) in [6.45, 7) is 0.750. The molecule has 0 aliphatic heterocycles. The Bertz CT molecular complexity index is 1290. The zero-order valence-electron chi connectivity index (χ0n) is 17.0. The number of thioether (sulfide) groups is 1. The number of amides is 1. The van der Waals surface area contributed by atoms with Gasteiger partial charge in [0.2, 0.25) is 0 Å². The van der Waals surface area contributed by atoms with Gasteiger partial charge in [-0.3, -0.25) is 4.79 Å². The second-order valence-corrected chi connectivity index (χ2v) is 8.68. The van der Waals surface area contributed by atoms with Gasteiger partial charge in [0.1, 0.15) is 0 Å². The zero-order valence-corrected chi connectivity index (χ0v) is 18.7. The van der Waals surface area contributed by atoms with Gasteiger partial charge in [-0.05, 0) is 29.2 Å². The van der Waals surface area contributed by atoms with Crippen LogP contribution < -0.4 is 14.3 Å². The maximum Gasteiger partial charge on any atom is 0.279 e. The molecule has 0 radical (unpaired) electrons. The van der Waals surface area contributed by atoms with Gasteiger partial charge in [0.25, 0.3) is 5.91 Å². The van der Waals surface area contributed by atoms with Crippen LogP contribution in [-0.2, 0) is 6.54 Å². The van der Waals surface area contributed by atoms with Crippen molar-refractivity contribution in [3.63, 3.8) is 0 Å². The van der Waals surface area contributed by atoms with Crippen molar-refractivity contribution in [3.05, 3.63) is 65.0 Å². The number of hydrogen-bond acceptors (Lipinski definition) is 5. The van der Waals surface area contributed by atoms with Crippen LogP contribution in [0.15, 0.2) is 59.6 Å². The Morgan fingerprint density at radius 3 is 2.50 bits per heavy atom.